The van der Waals surface area contributed by atoms with Gasteiger partial charge in [-0.3, -0.25) is 9.59 Å². The summed E-state index contributed by atoms with van der Waals surface area (Å²) in [5, 5.41) is 12.5. The first kappa shape index (κ1) is 20.2. The van der Waals surface area contributed by atoms with E-state index in [9.17, 15) is 23.1 Å². The lowest BCUT2D eigenvalue weighted by Gasteiger charge is -2.33. The van der Waals surface area contributed by atoms with Crippen LogP contribution in [0.15, 0.2) is 95.5 Å². The smallest absolute Gasteiger partial charge is 0.281 e. The van der Waals surface area contributed by atoms with Crippen LogP contribution in [0.1, 0.15) is 31.8 Å². The second kappa shape index (κ2) is 6.88. The molecule has 0 fully saturated rings. The predicted molar refractivity (Wildman–Crippen MR) is 116 cm³/mol. The summed E-state index contributed by atoms with van der Waals surface area (Å²) in [5.74, 6) is -1.30. The Hall–Kier alpha value is -3.75. The molecule has 0 radical (unpaired) electrons. The first-order valence-electron chi connectivity index (χ1n) is 9.86. The van der Waals surface area contributed by atoms with Gasteiger partial charge in [0.2, 0.25) is 5.72 Å². The minimum absolute atomic E-state index is 0.0705. The van der Waals surface area contributed by atoms with Crippen molar-refractivity contribution >= 4 is 21.7 Å². The molecule has 0 aromatic heterocycles. The maximum Gasteiger partial charge on any atom is 0.281 e. The summed E-state index contributed by atoms with van der Waals surface area (Å²) < 4.78 is 27.7. The number of aryl methyl sites for hydroxylation is 1. The molecule has 8 heteroatoms. The number of carbonyl (C=O) groups is 2. The second-order valence-electron chi connectivity index (χ2n) is 7.66. The topological polar surface area (TPSA) is 95.0 Å². The number of sulfonamides is 1. The van der Waals surface area contributed by atoms with Gasteiger partial charge >= 0.3 is 0 Å². The number of hydrazine groups is 1. The zero-order valence-electron chi connectivity index (χ0n) is 17.0. The van der Waals surface area contributed by atoms with Gasteiger partial charge in [0, 0.05) is 16.7 Å². The average Bonchev–Trinajstić information content (AvgIpc) is 3.24. The van der Waals surface area contributed by atoms with Crippen molar-refractivity contribution in [2.24, 2.45) is 0 Å². The molecule has 2 aliphatic heterocycles. The van der Waals surface area contributed by atoms with Gasteiger partial charge in [0.05, 0.1) is 16.7 Å². The highest BCUT2D eigenvalue weighted by Gasteiger charge is 2.61. The Balaban J connectivity index is 1.73. The summed E-state index contributed by atoms with van der Waals surface area (Å²) >= 11 is 0. The fourth-order valence-electron chi connectivity index (χ4n) is 4.06. The third kappa shape index (κ3) is 2.66. The molecule has 160 valence electrons. The number of Topliss-reactive ketones (excluding diaryl/α,β-unsaturated/α-hetero) is 1. The Morgan fingerprint density at radius 1 is 0.906 bits per heavy atom. The molecule has 2 heterocycles. The van der Waals surface area contributed by atoms with Crippen molar-refractivity contribution in [1.29, 1.82) is 0 Å². The van der Waals surface area contributed by atoms with Crippen LogP contribution in [-0.4, -0.2) is 34.6 Å². The number of amides is 1. The monoisotopic (exact) mass is 446 g/mol. The summed E-state index contributed by atoms with van der Waals surface area (Å²) in [6, 6.07) is 20.6. The Labute approximate surface area is 184 Å². The van der Waals surface area contributed by atoms with E-state index in [1.807, 2.05) is 6.92 Å². The van der Waals surface area contributed by atoms with E-state index < -0.39 is 27.4 Å². The third-order valence-electron chi connectivity index (χ3n) is 5.69. The highest BCUT2D eigenvalue weighted by Crippen LogP contribution is 2.49. The zero-order valence-corrected chi connectivity index (χ0v) is 17.8. The van der Waals surface area contributed by atoms with Crippen LogP contribution in [0.25, 0.3) is 0 Å². The molecule has 0 unspecified atom stereocenters. The molecule has 1 atom stereocenters. The van der Waals surface area contributed by atoms with E-state index >= 15 is 0 Å². The number of carbonyl (C=O) groups excluding carboxylic acids is 2. The van der Waals surface area contributed by atoms with Crippen LogP contribution in [0.3, 0.4) is 0 Å². The highest BCUT2D eigenvalue weighted by atomic mass is 32.2. The number of ketones is 1. The largest absolute Gasteiger partial charge is 0.362 e. The van der Waals surface area contributed by atoms with E-state index in [4.69, 9.17) is 0 Å². The van der Waals surface area contributed by atoms with Crippen LogP contribution in [0.4, 0.5) is 0 Å². The minimum atomic E-state index is -4.30. The number of hydrogen-bond donors (Lipinski definition) is 1. The van der Waals surface area contributed by atoms with Gasteiger partial charge in [-0.25, -0.2) is 0 Å². The standard InChI is InChI=1S/C24H18N2O5S/c1-16-11-13-18(14-12-16)32(30,31)25-15-21(22(27)17-7-3-2-4-8-17)24(29)20-10-6-5-9-19(20)23(28)26(24)25/h2-15,29H,1H3/t24-/m1/s1. The molecule has 0 saturated carbocycles. The van der Waals surface area contributed by atoms with E-state index in [1.165, 1.54) is 24.3 Å². The van der Waals surface area contributed by atoms with Gasteiger partial charge < -0.3 is 5.11 Å². The lowest BCUT2D eigenvalue weighted by molar-refractivity contribution is -0.0880. The van der Waals surface area contributed by atoms with E-state index in [-0.39, 0.29) is 27.2 Å². The van der Waals surface area contributed by atoms with Crippen LogP contribution in [0.2, 0.25) is 0 Å². The summed E-state index contributed by atoms with van der Waals surface area (Å²) in [4.78, 5) is 26.6. The van der Waals surface area contributed by atoms with Crippen molar-refractivity contribution in [2.75, 3.05) is 0 Å². The van der Waals surface area contributed by atoms with Gasteiger partial charge in [-0.05, 0) is 25.1 Å². The minimum Gasteiger partial charge on any atom is -0.362 e. The zero-order chi connectivity index (χ0) is 22.7. The van der Waals surface area contributed by atoms with Crippen LogP contribution in [0.5, 0.6) is 0 Å². The van der Waals surface area contributed by atoms with E-state index in [2.05, 4.69) is 0 Å². The fraction of sp³-hybridized carbons (Fsp3) is 0.0833. The Morgan fingerprint density at radius 3 is 2.22 bits per heavy atom. The first-order chi connectivity index (χ1) is 15.3. The lowest BCUT2D eigenvalue weighted by atomic mass is 9.90. The molecule has 0 spiro atoms. The summed E-state index contributed by atoms with van der Waals surface area (Å²) in [6.45, 7) is 1.82. The van der Waals surface area contributed by atoms with Gasteiger partial charge in [0.15, 0.2) is 5.78 Å². The Morgan fingerprint density at radius 2 is 1.53 bits per heavy atom. The molecule has 32 heavy (non-hydrogen) atoms. The normalized spacial score (nSPS) is 19.6. The van der Waals surface area contributed by atoms with E-state index in [0.29, 0.717) is 4.41 Å². The number of rotatable bonds is 4. The van der Waals surface area contributed by atoms with Gasteiger partial charge in [-0.1, -0.05) is 66.2 Å². The molecular formula is C24H18N2O5S. The molecule has 0 aliphatic carbocycles. The van der Waals surface area contributed by atoms with Crippen molar-refractivity contribution < 1.29 is 23.1 Å². The summed E-state index contributed by atoms with van der Waals surface area (Å²) in [7, 11) is -4.30. The van der Waals surface area contributed by atoms with Crippen molar-refractivity contribution in [2.45, 2.75) is 17.5 Å². The molecule has 7 nitrogen and oxygen atoms in total. The van der Waals surface area contributed by atoms with Crippen molar-refractivity contribution in [3.63, 3.8) is 0 Å². The maximum absolute atomic E-state index is 13.5. The Bertz CT molecular complexity index is 1400. The SMILES string of the molecule is Cc1ccc(S(=O)(=O)N2C=C(C(=O)c3ccccc3)[C@]3(O)c4ccccc4C(=O)N23)cc1. The molecule has 1 amide bonds. The molecular weight excluding hydrogens is 428 g/mol. The van der Waals surface area contributed by atoms with Crippen LogP contribution in [0, 0.1) is 6.92 Å². The first-order valence-corrected chi connectivity index (χ1v) is 11.3. The molecule has 3 aromatic carbocycles. The van der Waals surface area contributed by atoms with Crippen LogP contribution < -0.4 is 0 Å². The molecule has 3 aromatic rings. The number of benzene rings is 3. The van der Waals surface area contributed by atoms with Gasteiger partial charge in [-0.15, -0.1) is 0 Å². The van der Waals surface area contributed by atoms with Crippen molar-refractivity contribution in [3.8, 4) is 0 Å². The summed E-state index contributed by atoms with van der Waals surface area (Å²) in [5.41, 5.74) is -1.07. The lowest BCUT2D eigenvalue weighted by Crippen LogP contribution is -2.50. The predicted octanol–water partition coefficient (Wildman–Crippen LogP) is 2.98. The van der Waals surface area contributed by atoms with Gasteiger partial charge in [0.25, 0.3) is 15.9 Å². The highest BCUT2D eigenvalue weighted by molar-refractivity contribution is 7.89. The molecule has 0 saturated heterocycles. The fourth-order valence-corrected chi connectivity index (χ4v) is 5.40. The average molecular weight is 446 g/mol. The quantitative estimate of drug-likeness (QED) is 0.622. The van der Waals surface area contributed by atoms with Crippen molar-refractivity contribution in [1.82, 2.24) is 9.42 Å². The van der Waals surface area contributed by atoms with Crippen molar-refractivity contribution in [3.05, 3.63) is 113 Å². The number of fused-ring (bicyclic) bond motifs is 3. The van der Waals surface area contributed by atoms with E-state index in [0.717, 1.165) is 16.8 Å². The molecule has 1 N–H and O–H groups in total. The second-order valence-corrected chi connectivity index (χ2v) is 9.46. The number of hydrogen-bond acceptors (Lipinski definition) is 5. The molecule has 5 rings (SSSR count). The number of nitrogens with zero attached hydrogens (tertiary/aromatic N) is 2. The molecule has 2 aliphatic rings. The van der Waals surface area contributed by atoms with Crippen LogP contribution >= 0.6 is 0 Å². The maximum atomic E-state index is 13.5. The van der Waals surface area contributed by atoms with Gasteiger partial charge in [-0.2, -0.15) is 17.8 Å². The van der Waals surface area contributed by atoms with Crippen LogP contribution in [-0.2, 0) is 15.7 Å². The van der Waals surface area contributed by atoms with E-state index in [1.54, 1.807) is 54.6 Å². The number of aliphatic hydroxyl groups is 1. The van der Waals surface area contributed by atoms with Gasteiger partial charge in [0.1, 0.15) is 0 Å². The third-order valence-corrected chi connectivity index (χ3v) is 7.32. The summed E-state index contributed by atoms with van der Waals surface area (Å²) in [6.07, 6.45) is 1.04. The Kier molecular flexibility index (Phi) is 4.34. The molecule has 0 bridgehead atoms.